The van der Waals surface area contributed by atoms with Crippen LogP contribution >= 0.6 is 11.3 Å². The Balaban J connectivity index is 1.07. The summed E-state index contributed by atoms with van der Waals surface area (Å²) in [4.78, 5) is 7.71. The zero-order valence-corrected chi connectivity index (χ0v) is 43.4. The quantitative estimate of drug-likeness (QED) is 0.163. The lowest BCUT2D eigenvalue weighted by Crippen LogP contribution is -2.62. The highest BCUT2D eigenvalue weighted by molar-refractivity contribution is 7.25. The van der Waals surface area contributed by atoms with Gasteiger partial charge >= 0.3 is 0 Å². The first-order valence-corrected chi connectivity index (χ1v) is 26.4. The van der Waals surface area contributed by atoms with Crippen molar-refractivity contribution in [3.05, 3.63) is 199 Å². The van der Waals surface area contributed by atoms with Crippen molar-refractivity contribution >= 4 is 128 Å². The summed E-state index contributed by atoms with van der Waals surface area (Å²) in [6.45, 7) is 20.8. The van der Waals surface area contributed by atoms with Crippen molar-refractivity contribution in [2.24, 2.45) is 0 Å². The summed E-state index contributed by atoms with van der Waals surface area (Å²) in [6, 6.07) is 69.9. The monoisotopic (exact) mass is 948 g/mol. The van der Waals surface area contributed by atoms with E-state index in [4.69, 9.17) is 0 Å². The molecule has 3 aliphatic heterocycles. The molecule has 6 heteroatoms. The largest absolute Gasteiger partial charge is 0.311 e. The lowest BCUT2D eigenvalue weighted by Gasteiger charge is -2.47. The molecule has 0 fully saturated rings. The number of hydrogen-bond donors (Lipinski definition) is 0. The maximum Gasteiger partial charge on any atom is 0.252 e. The van der Waals surface area contributed by atoms with Crippen LogP contribution < -0.4 is 31.1 Å². The highest BCUT2D eigenvalue weighted by atomic mass is 32.1. The summed E-state index contributed by atoms with van der Waals surface area (Å²) in [5, 5.41) is 5.18. The van der Waals surface area contributed by atoms with Crippen molar-refractivity contribution < 1.29 is 0 Å². The van der Waals surface area contributed by atoms with Crippen LogP contribution in [0.25, 0.3) is 47.7 Å². The standard InChI is InChI=1S/C66H57BN4S/c1-64(2,3)40-24-28-43(29-25-40)68(44-30-26-41(27-31-44)65(4,5)6)45-33-35-51-56(38-45)69(46-32-34-49-48-17-11-13-23-59(48)72-60(49)39-46)57-36-42(66(7,8)9)37-58-61(57)67(51)52-19-15-22-55-63(52)71(58)54-21-14-18-50-47-16-10-12-20-53(47)70(55)62(50)54/h10-39H,1-9H3. The van der Waals surface area contributed by atoms with E-state index in [-0.39, 0.29) is 23.0 Å². The zero-order chi connectivity index (χ0) is 49.2. The number of anilines is 9. The average Bonchev–Trinajstić information content (AvgIpc) is 3.91. The normalized spacial score (nSPS) is 13.8. The molecular formula is C66H57BN4S. The fourth-order valence-electron chi connectivity index (χ4n) is 12.2. The molecular weight excluding hydrogens is 892 g/mol. The Labute approximate surface area is 427 Å². The molecule has 2 aromatic heterocycles. The van der Waals surface area contributed by atoms with Crippen LogP contribution in [-0.4, -0.2) is 11.3 Å². The Morgan fingerprint density at radius 1 is 0.403 bits per heavy atom. The molecule has 0 unspecified atom stereocenters. The van der Waals surface area contributed by atoms with Gasteiger partial charge in [0.05, 0.1) is 28.1 Å². The Morgan fingerprint density at radius 2 is 0.986 bits per heavy atom. The predicted octanol–water partition coefficient (Wildman–Crippen LogP) is 16.9. The first-order valence-electron chi connectivity index (χ1n) is 25.6. The molecule has 0 amide bonds. The second kappa shape index (κ2) is 15.0. The van der Waals surface area contributed by atoms with E-state index < -0.39 is 0 Å². The Bertz CT molecular complexity index is 4010. The van der Waals surface area contributed by atoms with E-state index in [9.17, 15) is 0 Å². The summed E-state index contributed by atoms with van der Waals surface area (Å²) < 4.78 is 5.15. The number of fused-ring (bicyclic) bond motifs is 12. The number of aromatic nitrogens is 1. The Morgan fingerprint density at radius 3 is 1.68 bits per heavy atom. The highest BCUT2D eigenvalue weighted by Crippen LogP contribution is 2.54. The first kappa shape index (κ1) is 43.3. The molecule has 5 heterocycles. The molecule has 9 aromatic carbocycles. The van der Waals surface area contributed by atoms with E-state index in [0.29, 0.717) is 0 Å². The van der Waals surface area contributed by atoms with Gasteiger partial charge in [0.25, 0.3) is 6.71 Å². The summed E-state index contributed by atoms with van der Waals surface area (Å²) in [6.07, 6.45) is 0. The lowest BCUT2D eigenvalue weighted by molar-refractivity contribution is 0.590. The van der Waals surface area contributed by atoms with Crippen LogP contribution in [0.4, 0.5) is 51.2 Å². The molecule has 350 valence electrons. The Hall–Kier alpha value is -7.54. The third-order valence-corrected chi connectivity index (χ3v) is 17.1. The highest BCUT2D eigenvalue weighted by Gasteiger charge is 2.47. The van der Waals surface area contributed by atoms with Crippen molar-refractivity contribution in [2.75, 3.05) is 14.7 Å². The molecule has 0 saturated heterocycles. The summed E-state index contributed by atoms with van der Waals surface area (Å²) in [5.74, 6) is 0. The van der Waals surface area contributed by atoms with Gasteiger partial charge in [-0.15, -0.1) is 11.3 Å². The van der Waals surface area contributed by atoms with Gasteiger partial charge in [0, 0.05) is 70.8 Å². The van der Waals surface area contributed by atoms with Gasteiger partial charge in [-0.1, -0.05) is 159 Å². The van der Waals surface area contributed by atoms with E-state index >= 15 is 0 Å². The molecule has 0 saturated carbocycles. The Kier molecular flexibility index (Phi) is 9.02. The van der Waals surface area contributed by atoms with Crippen molar-refractivity contribution in [3.8, 4) is 5.69 Å². The number of hydrogen-bond acceptors (Lipinski definition) is 4. The fraction of sp³-hybridized carbons (Fsp3) is 0.182. The van der Waals surface area contributed by atoms with Crippen LogP contribution in [0, 0.1) is 0 Å². The third kappa shape index (κ3) is 6.24. The topological polar surface area (TPSA) is 14.7 Å². The molecule has 0 N–H and O–H groups in total. The maximum atomic E-state index is 2.63. The van der Waals surface area contributed by atoms with E-state index in [0.717, 1.165) is 22.7 Å². The van der Waals surface area contributed by atoms with Gasteiger partial charge < -0.3 is 19.3 Å². The molecule has 0 aliphatic carbocycles. The third-order valence-electron chi connectivity index (χ3n) is 15.9. The van der Waals surface area contributed by atoms with Crippen LogP contribution in [0.3, 0.4) is 0 Å². The summed E-state index contributed by atoms with van der Waals surface area (Å²) >= 11 is 1.89. The average molecular weight is 949 g/mol. The van der Waals surface area contributed by atoms with Crippen LogP contribution in [-0.2, 0) is 16.2 Å². The first-order chi connectivity index (χ1) is 34.6. The molecule has 0 radical (unpaired) electrons. The van der Waals surface area contributed by atoms with Crippen molar-refractivity contribution in [1.29, 1.82) is 0 Å². The second-order valence-corrected chi connectivity index (χ2v) is 24.6. The minimum absolute atomic E-state index is 0.0308. The SMILES string of the molecule is CC(C)(C)c1ccc(N(c2ccc(C(C)(C)C)cc2)c2ccc3c(c2)N(c2ccc4c(c2)sc2ccccc24)c2cc(C(C)(C)C)cc4c2B3c2cccc3c2N4c2cccc4c5ccccc5n-3c24)cc1. The van der Waals surface area contributed by atoms with Crippen LogP contribution in [0.15, 0.2) is 182 Å². The minimum atomic E-state index is -0.143. The van der Waals surface area contributed by atoms with E-state index in [2.05, 4.69) is 264 Å². The van der Waals surface area contributed by atoms with Gasteiger partial charge in [0.15, 0.2) is 0 Å². The van der Waals surface area contributed by atoms with Crippen molar-refractivity contribution in [2.45, 2.75) is 78.6 Å². The summed E-state index contributed by atoms with van der Waals surface area (Å²) in [7, 11) is 0. The molecule has 3 aliphatic rings. The van der Waals surface area contributed by atoms with E-state index in [1.54, 1.807) is 0 Å². The molecule has 0 spiro atoms. The van der Waals surface area contributed by atoms with Crippen molar-refractivity contribution in [3.63, 3.8) is 0 Å². The van der Waals surface area contributed by atoms with Gasteiger partial charge in [-0.3, -0.25) is 0 Å². The molecule has 11 aromatic rings. The second-order valence-electron chi connectivity index (χ2n) is 23.5. The molecule has 14 rings (SSSR count). The van der Waals surface area contributed by atoms with Gasteiger partial charge in [-0.2, -0.15) is 0 Å². The number of nitrogens with zero attached hydrogens (tertiary/aromatic N) is 4. The smallest absolute Gasteiger partial charge is 0.252 e. The van der Waals surface area contributed by atoms with Crippen LogP contribution in [0.2, 0.25) is 0 Å². The van der Waals surface area contributed by atoms with Gasteiger partial charge in [0.2, 0.25) is 0 Å². The number of thiophene rings is 1. The van der Waals surface area contributed by atoms with Gasteiger partial charge in [-0.25, -0.2) is 0 Å². The van der Waals surface area contributed by atoms with Gasteiger partial charge in [-0.05, 0) is 134 Å². The molecule has 0 atom stereocenters. The lowest BCUT2D eigenvalue weighted by atomic mass is 9.33. The van der Waals surface area contributed by atoms with Crippen LogP contribution in [0.1, 0.15) is 79.0 Å². The number of benzene rings is 9. The molecule has 0 bridgehead atoms. The predicted molar refractivity (Wildman–Crippen MR) is 312 cm³/mol. The van der Waals surface area contributed by atoms with E-state index in [1.807, 2.05) is 11.3 Å². The fourth-order valence-corrected chi connectivity index (χ4v) is 13.4. The zero-order valence-electron chi connectivity index (χ0n) is 42.6. The van der Waals surface area contributed by atoms with Crippen LogP contribution in [0.5, 0.6) is 0 Å². The number of rotatable bonds is 4. The minimum Gasteiger partial charge on any atom is -0.311 e. The van der Waals surface area contributed by atoms with E-state index in [1.165, 1.54) is 109 Å². The van der Waals surface area contributed by atoms with Crippen molar-refractivity contribution in [1.82, 2.24) is 4.57 Å². The molecule has 4 nitrogen and oxygen atoms in total. The molecule has 72 heavy (non-hydrogen) atoms. The maximum absolute atomic E-state index is 2.63. The summed E-state index contributed by atoms with van der Waals surface area (Å²) in [5.41, 5.74) is 22.3. The van der Waals surface area contributed by atoms with Gasteiger partial charge in [0.1, 0.15) is 0 Å². The number of para-hydroxylation sites is 3.